The molecular weight excluding hydrogens is 242 g/mol. The lowest BCUT2D eigenvalue weighted by Crippen LogP contribution is -1.94. The van der Waals surface area contributed by atoms with Crippen LogP contribution in [-0.2, 0) is 0 Å². The summed E-state index contributed by atoms with van der Waals surface area (Å²) in [6.45, 7) is 2.95. The average molecular weight is 255 g/mol. The third-order valence-electron chi connectivity index (χ3n) is 2.68. The van der Waals surface area contributed by atoms with Gasteiger partial charge in [-0.25, -0.2) is 9.97 Å². The molecule has 0 saturated heterocycles. The van der Waals surface area contributed by atoms with Crippen molar-refractivity contribution in [3.05, 3.63) is 42.6 Å². The van der Waals surface area contributed by atoms with Crippen molar-refractivity contribution < 1.29 is 0 Å². The summed E-state index contributed by atoms with van der Waals surface area (Å²) in [6.07, 6.45) is 1.87. The summed E-state index contributed by atoms with van der Waals surface area (Å²) < 4.78 is 0. The van der Waals surface area contributed by atoms with Gasteiger partial charge < -0.3 is 5.32 Å². The molecule has 18 heavy (non-hydrogen) atoms. The number of hydrogen-bond acceptors (Lipinski definition) is 4. The zero-order chi connectivity index (χ0) is 12.4. The smallest absolute Gasteiger partial charge is 0.183 e. The molecule has 3 rings (SSSR count). The van der Waals surface area contributed by atoms with Crippen LogP contribution < -0.4 is 5.32 Å². The Bertz CT molecular complexity index is 675. The van der Waals surface area contributed by atoms with Crippen LogP contribution in [0.3, 0.4) is 0 Å². The van der Waals surface area contributed by atoms with E-state index in [1.165, 1.54) is 0 Å². The third-order valence-corrected chi connectivity index (χ3v) is 3.66. The van der Waals surface area contributed by atoms with Crippen molar-refractivity contribution in [2.24, 2.45) is 0 Å². The van der Waals surface area contributed by atoms with Crippen molar-refractivity contribution in [1.29, 1.82) is 0 Å². The second-order valence-corrected chi connectivity index (χ2v) is 4.98. The lowest BCUT2D eigenvalue weighted by atomic mass is 10.2. The zero-order valence-electron chi connectivity index (χ0n) is 10.1. The minimum atomic E-state index is 0.887. The monoisotopic (exact) mass is 255 g/mol. The molecule has 0 atom stereocenters. The predicted molar refractivity (Wildman–Crippen MR) is 77.0 cm³/mol. The maximum Gasteiger partial charge on any atom is 0.183 e. The van der Waals surface area contributed by atoms with Crippen LogP contribution in [0.5, 0.6) is 0 Å². The Balaban J connectivity index is 2.02. The van der Waals surface area contributed by atoms with Crippen LogP contribution in [0.2, 0.25) is 0 Å². The van der Waals surface area contributed by atoms with E-state index < -0.39 is 0 Å². The van der Waals surface area contributed by atoms with Crippen molar-refractivity contribution in [3.63, 3.8) is 0 Å². The molecule has 90 valence electrons. The van der Waals surface area contributed by atoms with Crippen molar-refractivity contribution in [2.45, 2.75) is 6.92 Å². The molecular formula is C14H13N3S. The van der Waals surface area contributed by atoms with Crippen LogP contribution in [0.25, 0.3) is 21.5 Å². The van der Waals surface area contributed by atoms with Gasteiger partial charge >= 0.3 is 0 Å². The fraction of sp³-hybridized carbons (Fsp3) is 0.143. The maximum absolute atomic E-state index is 4.66. The van der Waals surface area contributed by atoms with Crippen LogP contribution in [0, 0.1) is 0 Å². The summed E-state index contributed by atoms with van der Waals surface area (Å²) >= 11 is 1.63. The van der Waals surface area contributed by atoms with Crippen LogP contribution >= 0.6 is 11.3 Å². The number of para-hydroxylation sites is 1. The fourth-order valence-electron chi connectivity index (χ4n) is 1.83. The summed E-state index contributed by atoms with van der Waals surface area (Å²) in [6, 6.07) is 12.3. The van der Waals surface area contributed by atoms with Gasteiger partial charge in [-0.15, -0.1) is 0 Å². The molecule has 3 aromatic rings. The summed E-state index contributed by atoms with van der Waals surface area (Å²) in [5.41, 5.74) is 2.00. The normalized spacial score (nSPS) is 10.7. The van der Waals surface area contributed by atoms with Crippen molar-refractivity contribution in [1.82, 2.24) is 9.97 Å². The van der Waals surface area contributed by atoms with Crippen molar-refractivity contribution in [2.75, 3.05) is 11.9 Å². The van der Waals surface area contributed by atoms with Crippen LogP contribution in [0.1, 0.15) is 6.92 Å². The Morgan fingerprint density at radius 2 is 2.06 bits per heavy atom. The van der Waals surface area contributed by atoms with E-state index in [1.807, 2.05) is 30.5 Å². The molecule has 2 heterocycles. The van der Waals surface area contributed by atoms with Crippen LogP contribution in [0.15, 0.2) is 42.6 Å². The Hall–Kier alpha value is -1.94. The molecule has 0 spiro atoms. The lowest BCUT2D eigenvalue weighted by molar-refractivity contribution is 1.19. The molecule has 4 heteroatoms. The highest BCUT2D eigenvalue weighted by molar-refractivity contribution is 7.18. The first kappa shape index (κ1) is 11.2. The molecule has 0 radical (unpaired) electrons. The third kappa shape index (κ3) is 2.07. The standard InChI is InChI=1S/C14H13N3S/c1-2-15-14-16-9-13(18-14)12-8-7-10-5-3-4-6-11(10)17-12/h3-9H,2H2,1H3,(H,15,16). The van der Waals surface area contributed by atoms with E-state index >= 15 is 0 Å². The number of anilines is 1. The summed E-state index contributed by atoms with van der Waals surface area (Å²) in [7, 11) is 0. The van der Waals surface area contributed by atoms with Gasteiger partial charge in [0.25, 0.3) is 0 Å². The molecule has 0 unspecified atom stereocenters. The molecule has 1 aromatic carbocycles. The lowest BCUT2D eigenvalue weighted by Gasteiger charge is -1.99. The van der Waals surface area contributed by atoms with Gasteiger partial charge in [-0.1, -0.05) is 35.6 Å². The Kier molecular flexibility index (Phi) is 2.94. The molecule has 0 amide bonds. The van der Waals surface area contributed by atoms with E-state index in [2.05, 4.69) is 34.3 Å². The highest BCUT2D eigenvalue weighted by Gasteiger charge is 2.05. The van der Waals surface area contributed by atoms with E-state index in [9.17, 15) is 0 Å². The number of hydrogen-bond donors (Lipinski definition) is 1. The summed E-state index contributed by atoms with van der Waals surface area (Å²) in [5, 5.41) is 5.33. The number of nitrogens with zero attached hydrogens (tertiary/aromatic N) is 2. The highest BCUT2D eigenvalue weighted by atomic mass is 32.1. The number of fused-ring (bicyclic) bond motifs is 1. The Labute approximate surface area is 110 Å². The van der Waals surface area contributed by atoms with Crippen molar-refractivity contribution in [3.8, 4) is 10.6 Å². The second-order valence-electron chi connectivity index (χ2n) is 3.95. The number of rotatable bonds is 3. The molecule has 0 aliphatic rings. The molecule has 0 saturated carbocycles. The first-order valence-electron chi connectivity index (χ1n) is 5.92. The molecule has 0 bridgehead atoms. The first-order valence-corrected chi connectivity index (χ1v) is 6.74. The average Bonchev–Trinajstić information content (AvgIpc) is 2.87. The Morgan fingerprint density at radius 1 is 1.17 bits per heavy atom. The van der Waals surface area contributed by atoms with E-state index in [0.717, 1.165) is 33.2 Å². The van der Waals surface area contributed by atoms with Crippen molar-refractivity contribution >= 4 is 27.4 Å². The topological polar surface area (TPSA) is 37.8 Å². The number of benzene rings is 1. The molecule has 0 aliphatic carbocycles. The van der Waals surface area contributed by atoms with Gasteiger partial charge in [-0.05, 0) is 19.1 Å². The molecule has 3 nitrogen and oxygen atoms in total. The van der Waals surface area contributed by atoms with Gasteiger partial charge in [0.15, 0.2) is 5.13 Å². The van der Waals surface area contributed by atoms with Gasteiger partial charge in [0.1, 0.15) is 0 Å². The van der Waals surface area contributed by atoms with E-state index in [1.54, 1.807) is 11.3 Å². The van der Waals surface area contributed by atoms with Gasteiger partial charge in [-0.2, -0.15) is 0 Å². The fourth-order valence-corrected chi connectivity index (χ4v) is 2.68. The summed E-state index contributed by atoms with van der Waals surface area (Å²) in [5.74, 6) is 0. The number of aromatic nitrogens is 2. The van der Waals surface area contributed by atoms with Gasteiger partial charge in [-0.3, -0.25) is 0 Å². The van der Waals surface area contributed by atoms with Crippen LogP contribution in [-0.4, -0.2) is 16.5 Å². The minimum absolute atomic E-state index is 0.887. The number of nitrogens with one attached hydrogen (secondary N) is 1. The summed E-state index contributed by atoms with van der Waals surface area (Å²) in [4.78, 5) is 10.1. The number of thiazole rings is 1. The SMILES string of the molecule is CCNc1ncc(-c2ccc3ccccc3n2)s1. The maximum atomic E-state index is 4.66. The van der Waals surface area contributed by atoms with Crippen LogP contribution in [0.4, 0.5) is 5.13 Å². The largest absolute Gasteiger partial charge is 0.362 e. The van der Waals surface area contributed by atoms with Gasteiger partial charge in [0.2, 0.25) is 0 Å². The van der Waals surface area contributed by atoms with E-state index in [-0.39, 0.29) is 0 Å². The highest BCUT2D eigenvalue weighted by Crippen LogP contribution is 2.28. The second kappa shape index (κ2) is 4.74. The molecule has 0 fully saturated rings. The molecule has 1 N–H and O–H groups in total. The minimum Gasteiger partial charge on any atom is -0.362 e. The van der Waals surface area contributed by atoms with Gasteiger partial charge in [0, 0.05) is 18.1 Å². The molecule has 2 aromatic heterocycles. The molecule has 0 aliphatic heterocycles. The van der Waals surface area contributed by atoms with Gasteiger partial charge in [0.05, 0.1) is 16.1 Å². The number of pyridine rings is 1. The predicted octanol–water partition coefficient (Wildman–Crippen LogP) is 3.79. The Morgan fingerprint density at radius 3 is 2.94 bits per heavy atom. The van der Waals surface area contributed by atoms with E-state index in [0.29, 0.717) is 0 Å². The zero-order valence-corrected chi connectivity index (χ0v) is 10.9. The first-order chi connectivity index (χ1) is 8.86. The van der Waals surface area contributed by atoms with E-state index in [4.69, 9.17) is 0 Å². The quantitative estimate of drug-likeness (QED) is 0.773.